The van der Waals surface area contributed by atoms with Gasteiger partial charge in [0, 0.05) is 30.1 Å². The van der Waals surface area contributed by atoms with Gasteiger partial charge in [-0.05, 0) is 44.4 Å². The largest absolute Gasteiger partial charge is 0.365 e. The molecule has 1 saturated heterocycles. The molecule has 2 aliphatic heterocycles. The van der Waals surface area contributed by atoms with Gasteiger partial charge in [-0.1, -0.05) is 23.7 Å². The number of imidazole rings is 1. The maximum absolute atomic E-state index is 13.1. The van der Waals surface area contributed by atoms with Crippen molar-refractivity contribution < 1.29 is 14.3 Å². The number of amides is 2. The molecule has 0 radical (unpaired) electrons. The van der Waals surface area contributed by atoms with E-state index in [-0.39, 0.29) is 29.9 Å². The average molecular weight is 431 g/mol. The summed E-state index contributed by atoms with van der Waals surface area (Å²) >= 11 is 5.97. The molecule has 7 nitrogen and oxygen atoms in total. The molecule has 0 spiro atoms. The minimum absolute atomic E-state index is 0.0316. The lowest BCUT2D eigenvalue weighted by molar-refractivity contribution is -0.126. The van der Waals surface area contributed by atoms with Crippen LogP contribution in [0.3, 0.4) is 0 Å². The van der Waals surface area contributed by atoms with Crippen LogP contribution in [0.5, 0.6) is 0 Å². The van der Waals surface area contributed by atoms with Gasteiger partial charge < -0.3 is 19.5 Å². The number of fused-ring (bicyclic) bond motifs is 1. The molecule has 0 unspecified atom stereocenters. The van der Waals surface area contributed by atoms with Crippen molar-refractivity contribution in [3.63, 3.8) is 0 Å². The molecule has 0 aliphatic carbocycles. The maximum atomic E-state index is 13.1. The second-order valence-electron chi connectivity index (χ2n) is 8.27. The highest BCUT2D eigenvalue weighted by atomic mass is 35.5. The predicted octanol–water partition coefficient (Wildman–Crippen LogP) is 3.18. The second kappa shape index (κ2) is 8.78. The van der Waals surface area contributed by atoms with Gasteiger partial charge in [0.15, 0.2) is 5.69 Å². The second-order valence-corrected chi connectivity index (χ2v) is 8.71. The van der Waals surface area contributed by atoms with Crippen LogP contribution < -0.4 is 5.32 Å². The molecule has 2 amide bonds. The zero-order valence-electron chi connectivity index (χ0n) is 17.3. The molecule has 2 aromatic rings. The molecule has 1 aromatic heterocycles. The Morgan fingerprint density at radius 2 is 1.90 bits per heavy atom. The first kappa shape index (κ1) is 20.9. The molecule has 3 heterocycles. The highest BCUT2D eigenvalue weighted by molar-refractivity contribution is 6.30. The van der Waals surface area contributed by atoms with Crippen LogP contribution in [0.2, 0.25) is 5.02 Å². The van der Waals surface area contributed by atoms with Crippen LogP contribution in [0.1, 0.15) is 54.5 Å². The first-order chi connectivity index (χ1) is 14.4. The maximum Gasteiger partial charge on any atom is 0.274 e. The lowest BCUT2D eigenvalue weighted by atomic mass is 9.95. The molecule has 160 valence electrons. The van der Waals surface area contributed by atoms with E-state index in [9.17, 15) is 9.59 Å². The van der Waals surface area contributed by atoms with Gasteiger partial charge in [0.1, 0.15) is 6.10 Å². The third-order valence-electron chi connectivity index (χ3n) is 5.76. The molecular weight excluding hydrogens is 404 g/mol. The number of piperidine rings is 1. The molecule has 1 atom stereocenters. The molecule has 0 saturated carbocycles. The number of halogens is 1. The van der Waals surface area contributed by atoms with Gasteiger partial charge in [0.2, 0.25) is 5.91 Å². The van der Waals surface area contributed by atoms with Gasteiger partial charge in [-0.25, -0.2) is 4.98 Å². The number of hydrogen-bond acceptors (Lipinski definition) is 4. The Morgan fingerprint density at radius 1 is 1.20 bits per heavy atom. The Morgan fingerprint density at radius 3 is 2.57 bits per heavy atom. The Balaban J connectivity index is 1.39. The number of rotatable bonds is 4. The summed E-state index contributed by atoms with van der Waals surface area (Å²) in [5.41, 5.74) is 2.31. The topological polar surface area (TPSA) is 76.5 Å². The lowest BCUT2D eigenvalue weighted by Crippen LogP contribution is -2.44. The highest BCUT2D eigenvalue weighted by Crippen LogP contribution is 2.29. The number of likely N-dealkylation sites (tertiary alicyclic amines) is 1. The minimum Gasteiger partial charge on any atom is -0.365 e. The molecule has 1 N–H and O–H groups in total. The van der Waals surface area contributed by atoms with Crippen molar-refractivity contribution in [2.24, 2.45) is 5.92 Å². The van der Waals surface area contributed by atoms with Crippen molar-refractivity contribution >= 4 is 23.4 Å². The van der Waals surface area contributed by atoms with Crippen LogP contribution in [0.15, 0.2) is 30.6 Å². The average Bonchev–Trinajstić information content (AvgIpc) is 3.16. The molecular formula is C22H27ClN4O3. The summed E-state index contributed by atoms with van der Waals surface area (Å²) in [6.45, 7) is 5.98. The molecule has 30 heavy (non-hydrogen) atoms. The number of benzene rings is 1. The Kier molecular flexibility index (Phi) is 6.11. The van der Waals surface area contributed by atoms with E-state index < -0.39 is 0 Å². The fourth-order valence-corrected chi connectivity index (χ4v) is 4.21. The van der Waals surface area contributed by atoms with E-state index in [2.05, 4.69) is 10.3 Å². The predicted molar refractivity (Wildman–Crippen MR) is 113 cm³/mol. The van der Waals surface area contributed by atoms with Gasteiger partial charge in [-0.15, -0.1) is 0 Å². The van der Waals surface area contributed by atoms with E-state index >= 15 is 0 Å². The van der Waals surface area contributed by atoms with Crippen LogP contribution >= 0.6 is 11.6 Å². The third-order valence-corrected chi connectivity index (χ3v) is 6.01. The van der Waals surface area contributed by atoms with Crippen LogP contribution in [0.4, 0.5) is 0 Å². The van der Waals surface area contributed by atoms with Gasteiger partial charge in [0.05, 0.1) is 25.2 Å². The van der Waals surface area contributed by atoms with Crippen LogP contribution in [-0.4, -0.2) is 45.4 Å². The summed E-state index contributed by atoms with van der Waals surface area (Å²) in [5.74, 6) is -0.0334. The third kappa shape index (κ3) is 4.37. The van der Waals surface area contributed by atoms with Gasteiger partial charge in [-0.2, -0.15) is 0 Å². The van der Waals surface area contributed by atoms with E-state index in [1.54, 1.807) is 11.2 Å². The number of aromatic nitrogens is 2. The smallest absolute Gasteiger partial charge is 0.274 e. The summed E-state index contributed by atoms with van der Waals surface area (Å²) < 4.78 is 8.02. The van der Waals surface area contributed by atoms with Crippen LogP contribution in [-0.2, 0) is 22.7 Å². The summed E-state index contributed by atoms with van der Waals surface area (Å²) in [4.78, 5) is 31.5. The quantitative estimate of drug-likeness (QED) is 0.808. The molecule has 0 bridgehead atoms. The Hall–Kier alpha value is -2.38. The number of nitrogens with zero attached hydrogens (tertiary/aromatic N) is 3. The first-order valence-corrected chi connectivity index (χ1v) is 10.8. The van der Waals surface area contributed by atoms with E-state index in [1.165, 1.54) is 0 Å². The van der Waals surface area contributed by atoms with Crippen molar-refractivity contribution in [1.29, 1.82) is 0 Å². The summed E-state index contributed by atoms with van der Waals surface area (Å²) in [6.07, 6.45) is 2.98. The Bertz CT molecular complexity index is 917. The number of hydrogen-bond donors (Lipinski definition) is 1. The molecule has 2 aliphatic rings. The standard InChI is InChI=1S/C22H27ClN4O3/c1-14(2)25-21(28)16-7-9-26(10-8-16)22(29)20-18-12-30-19(11-27(18)13-24-20)15-3-5-17(23)6-4-15/h3-6,13-14,16,19H,7-12H2,1-2H3,(H,25,28)/t19-/m1/s1. The van der Waals surface area contributed by atoms with Crippen molar-refractivity contribution in [2.45, 2.75) is 52.0 Å². The minimum atomic E-state index is -0.0952. The summed E-state index contributed by atoms with van der Waals surface area (Å²) in [6, 6.07) is 7.75. The number of carbonyl (C=O) groups is 2. The number of ether oxygens (including phenoxy) is 1. The fraction of sp³-hybridized carbons (Fsp3) is 0.500. The van der Waals surface area contributed by atoms with Crippen LogP contribution in [0, 0.1) is 5.92 Å². The van der Waals surface area contributed by atoms with E-state index in [0.717, 1.165) is 11.3 Å². The van der Waals surface area contributed by atoms with Crippen LogP contribution in [0.25, 0.3) is 0 Å². The van der Waals surface area contributed by atoms with E-state index in [0.29, 0.717) is 49.8 Å². The van der Waals surface area contributed by atoms with Crippen molar-refractivity contribution in [3.05, 3.63) is 52.6 Å². The number of carbonyl (C=O) groups excluding carboxylic acids is 2. The normalized spacial score (nSPS) is 19.6. The Labute approximate surface area is 181 Å². The molecule has 1 fully saturated rings. The zero-order chi connectivity index (χ0) is 21.3. The highest BCUT2D eigenvalue weighted by Gasteiger charge is 2.32. The van der Waals surface area contributed by atoms with Crippen molar-refractivity contribution in [2.75, 3.05) is 13.1 Å². The van der Waals surface area contributed by atoms with Crippen molar-refractivity contribution in [1.82, 2.24) is 19.8 Å². The molecule has 4 rings (SSSR count). The SMILES string of the molecule is CC(C)NC(=O)C1CCN(C(=O)c2ncn3c2CO[C@@H](c2ccc(Cl)cc2)C3)CC1. The summed E-state index contributed by atoms with van der Waals surface area (Å²) in [7, 11) is 0. The molecule has 8 heteroatoms. The zero-order valence-corrected chi connectivity index (χ0v) is 18.1. The van der Waals surface area contributed by atoms with Gasteiger partial charge in [0.25, 0.3) is 5.91 Å². The number of nitrogens with one attached hydrogen (secondary N) is 1. The monoisotopic (exact) mass is 430 g/mol. The first-order valence-electron chi connectivity index (χ1n) is 10.4. The lowest BCUT2D eigenvalue weighted by Gasteiger charge is -2.32. The fourth-order valence-electron chi connectivity index (χ4n) is 4.08. The van der Waals surface area contributed by atoms with E-state index in [4.69, 9.17) is 16.3 Å². The van der Waals surface area contributed by atoms with Crippen molar-refractivity contribution in [3.8, 4) is 0 Å². The van der Waals surface area contributed by atoms with Gasteiger partial charge >= 0.3 is 0 Å². The van der Waals surface area contributed by atoms with E-state index in [1.807, 2.05) is 42.7 Å². The van der Waals surface area contributed by atoms with Gasteiger partial charge in [-0.3, -0.25) is 9.59 Å². The molecule has 1 aromatic carbocycles. The summed E-state index contributed by atoms with van der Waals surface area (Å²) in [5, 5.41) is 3.65.